The maximum Gasteiger partial charge on any atom is 0.225 e. The molecule has 9 nitrogen and oxygen atoms in total. The number of nitrogens with one attached hydrogen (secondary N) is 1. The van der Waals surface area contributed by atoms with Gasteiger partial charge in [0, 0.05) is 51.7 Å². The largest absolute Gasteiger partial charge is 0.444 e. The first-order chi connectivity index (χ1) is 15.6. The summed E-state index contributed by atoms with van der Waals surface area (Å²) in [6.07, 6.45) is 5.94. The van der Waals surface area contributed by atoms with Gasteiger partial charge in [0.25, 0.3) is 0 Å². The number of halogens is 1. The molecule has 2 aromatic heterocycles. The number of aliphatic imine (C=N–C) groups is 1. The lowest BCUT2D eigenvalue weighted by molar-refractivity contribution is 0.166. The Kier molecular flexibility index (Phi) is 9.72. The highest BCUT2D eigenvalue weighted by Crippen LogP contribution is 2.20. The molecule has 2 fully saturated rings. The van der Waals surface area contributed by atoms with Gasteiger partial charge in [0.15, 0.2) is 5.96 Å². The molecule has 0 amide bonds. The molecule has 182 valence electrons. The first-order valence-corrected chi connectivity index (χ1v) is 11.8. The molecule has 0 atom stereocenters. The molecule has 1 N–H and O–H groups in total. The smallest absolute Gasteiger partial charge is 0.225 e. The predicted octanol–water partition coefficient (Wildman–Crippen LogP) is 2.70. The zero-order valence-electron chi connectivity index (χ0n) is 20.0. The molecule has 10 heteroatoms. The van der Waals surface area contributed by atoms with E-state index in [-0.39, 0.29) is 24.0 Å². The number of aromatic nitrogens is 3. The molecule has 0 spiro atoms. The molecule has 2 saturated heterocycles. The van der Waals surface area contributed by atoms with E-state index in [9.17, 15) is 0 Å². The van der Waals surface area contributed by atoms with Gasteiger partial charge in [-0.1, -0.05) is 0 Å². The zero-order chi connectivity index (χ0) is 22.3. The van der Waals surface area contributed by atoms with Crippen molar-refractivity contribution in [3.63, 3.8) is 0 Å². The fourth-order valence-electron chi connectivity index (χ4n) is 4.34. The van der Waals surface area contributed by atoms with Crippen LogP contribution in [0.15, 0.2) is 27.9 Å². The average molecular weight is 569 g/mol. The normalized spacial score (nSPS) is 18.3. The maximum absolute atomic E-state index is 5.75. The van der Waals surface area contributed by atoms with Crippen molar-refractivity contribution in [2.45, 2.75) is 40.2 Å². The minimum absolute atomic E-state index is 0. The molecule has 33 heavy (non-hydrogen) atoms. The van der Waals surface area contributed by atoms with Gasteiger partial charge in [-0.05, 0) is 58.7 Å². The van der Waals surface area contributed by atoms with E-state index in [1.165, 1.54) is 12.8 Å². The number of anilines is 1. The van der Waals surface area contributed by atoms with Crippen LogP contribution >= 0.6 is 24.0 Å². The van der Waals surface area contributed by atoms with Crippen molar-refractivity contribution in [2.24, 2.45) is 10.9 Å². The topological polar surface area (TPSA) is 85.9 Å². The molecule has 4 heterocycles. The van der Waals surface area contributed by atoms with Crippen molar-refractivity contribution in [3.05, 3.63) is 35.8 Å². The van der Waals surface area contributed by atoms with Crippen LogP contribution in [-0.4, -0.2) is 83.1 Å². The lowest BCUT2D eigenvalue weighted by Gasteiger charge is -2.36. The zero-order valence-corrected chi connectivity index (χ0v) is 22.4. The van der Waals surface area contributed by atoms with Gasteiger partial charge in [0.05, 0.1) is 12.2 Å². The molecule has 2 aliphatic heterocycles. The maximum atomic E-state index is 5.75. The Hall–Kier alpha value is -1.95. The summed E-state index contributed by atoms with van der Waals surface area (Å²) in [6, 6.07) is 1.86. The second-order valence-corrected chi connectivity index (χ2v) is 8.69. The molecule has 0 bridgehead atoms. The minimum Gasteiger partial charge on any atom is -0.444 e. The van der Waals surface area contributed by atoms with E-state index in [0.717, 1.165) is 88.2 Å². The Morgan fingerprint density at radius 2 is 1.79 bits per heavy atom. The number of guanidine groups is 1. The van der Waals surface area contributed by atoms with Gasteiger partial charge in [-0.25, -0.2) is 15.0 Å². The van der Waals surface area contributed by atoms with Crippen molar-refractivity contribution in [1.82, 2.24) is 30.1 Å². The Morgan fingerprint density at radius 3 is 2.39 bits per heavy atom. The van der Waals surface area contributed by atoms with E-state index in [4.69, 9.17) is 9.41 Å². The Bertz CT molecular complexity index is 854. The van der Waals surface area contributed by atoms with Gasteiger partial charge in [0.2, 0.25) is 11.8 Å². The number of hydrogen-bond donors (Lipinski definition) is 1. The van der Waals surface area contributed by atoms with E-state index in [1.807, 2.05) is 19.9 Å². The third-order valence-corrected chi connectivity index (χ3v) is 6.39. The second-order valence-electron chi connectivity index (χ2n) is 8.69. The molecular weight excluding hydrogens is 531 g/mol. The molecule has 0 aromatic carbocycles. The first kappa shape index (κ1) is 25.7. The Morgan fingerprint density at radius 1 is 1.09 bits per heavy atom. The summed E-state index contributed by atoms with van der Waals surface area (Å²) in [5, 5.41) is 3.49. The van der Waals surface area contributed by atoms with Gasteiger partial charge >= 0.3 is 0 Å². The number of piperazine rings is 1. The SMILES string of the molecule is CCNC(=NCC1CCN(Cc2nc(C)c(C)o2)CC1)N1CCN(c2ncccn2)CC1.I. The summed E-state index contributed by atoms with van der Waals surface area (Å²) in [5.74, 6) is 4.25. The average Bonchev–Trinajstić information content (AvgIpc) is 3.15. The lowest BCUT2D eigenvalue weighted by atomic mass is 9.97. The second kappa shape index (κ2) is 12.5. The van der Waals surface area contributed by atoms with Gasteiger partial charge in [0.1, 0.15) is 5.76 Å². The lowest BCUT2D eigenvalue weighted by Crippen LogP contribution is -2.53. The predicted molar refractivity (Wildman–Crippen MR) is 141 cm³/mol. The number of aryl methyl sites for hydroxylation is 2. The van der Waals surface area contributed by atoms with Crippen LogP contribution in [0.1, 0.15) is 37.1 Å². The van der Waals surface area contributed by atoms with E-state index >= 15 is 0 Å². The van der Waals surface area contributed by atoms with Gasteiger partial charge in [-0.2, -0.15) is 0 Å². The monoisotopic (exact) mass is 568 g/mol. The van der Waals surface area contributed by atoms with Crippen LogP contribution in [0.25, 0.3) is 0 Å². The van der Waals surface area contributed by atoms with E-state index in [1.54, 1.807) is 12.4 Å². The highest BCUT2D eigenvalue weighted by molar-refractivity contribution is 14.0. The number of piperidine rings is 1. The van der Waals surface area contributed by atoms with Crippen LogP contribution in [0.5, 0.6) is 0 Å². The minimum atomic E-state index is 0. The summed E-state index contributed by atoms with van der Waals surface area (Å²) in [4.78, 5) is 25.4. The molecule has 0 aliphatic carbocycles. The van der Waals surface area contributed by atoms with Crippen molar-refractivity contribution in [3.8, 4) is 0 Å². The number of rotatable bonds is 6. The first-order valence-electron chi connectivity index (χ1n) is 11.8. The molecule has 4 rings (SSSR count). The van der Waals surface area contributed by atoms with Crippen LogP contribution in [0, 0.1) is 19.8 Å². The summed E-state index contributed by atoms with van der Waals surface area (Å²) in [5.41, 5.74) is 0.998. The van der Waals surface area contributed by atoms with E-state index in [2.05, 4.69) is 41.9 Å². The van der Waals surface area contributed by atoms with Crippen LogP contribution < -0.4 is 10.2 Å². The quantitative estimate of drug-likeness (QED) is 0.324. The summed E-state index contributed by atoms with van der Waals surface area (Å²) in [7, 11) is 0. The number of likely N-dealkylation sites (tertiary alicyclic amines) is 1. The highest BCUT2D eigenvalue weighted by atomic mass is 127. The summed E-state index contributed by atoms with van der Waals surface area (Å²) in [6.45, 7) is 14.5. The molecule has 0 unspecified atom stereocenters. The van der Waals surface area contributed by atoms with Crippen LogP contribution in [0.2, 0.25) is 0 Å². The summed E-state index contributed by atoms with van der Waals surface area (Å²) < 4.78 is 5.75. The molecule has 0 saturated carbocycles. The fourth-order valence-corrected chi connectivity index (χ4v) is 4.34. The van der Waals surface area contributed by atoms with Crippen molar-refractivity contribution < 1.29 is 4.42 Å². The van der Waals surface area contributed by atoms with E-state index in [0.29, 0.717) is 5.92 Å². The Labute approximate surface area is 214 Å². The van der Waals surface area contributed by atoms with Crippen LogP contribution in [0.3, 0.4) is 0 Å². The standard InChI is InChI=1S/C23H36N8O.HI/c1-4-24-22(30-12-14-31(15-13-30)23-25-8-5-9-26-23)27-16-20-6-10-29(11-7-20)17-21-28-18(2)19(3)32-21;/h5,8-9,20H,4,6-7,10-17H2,1-3H3,(H,24,27);1H. The van der Waals surface area contributed by atoms with Crippen LogP contribution in [-0.2, 0) is 6.54 Å². The number of oxazole rings is 1. The Balaban J connectivity index is 0.00000306. The fraction of sp³-hybridized carbons (Fsp3) is 0.652. The van der Waals surface area contributed by atoms with E-state index < -0.39 is 0 Å². The van der Waals surface area contributed by atoms with Gasteiger partial charge in [-0.15, -0.1) is 24.0 Å². The van der Waals surface area contributed by atoms with Crippen molar-refractivity contribution in [1.29, 1.82) is 0 Å². The molecule has 0 radical (unpaired) electrons. The third-order valence-electron chi connectivity index (χ3n) is 6.39. The molecule has 2 aliphatic rings. The highest BCUT2D eigenvalue weighted by Gasteiger charge is 2.23. The van der Waals surface area contributed by atoms with Crippen molar-refractivity contribution >= 4 is 35.9 Å². The third kappa shape index (κ3) is 7.02. The van der Waals surface area contributed by atoms with Gasteiger partial charge < -0.3 is 19.5 Å². The molecule has 2 aromatic rings. The van der Waals surface area contributed by atoms with Gasteiger partial charge in [-0.3, -0.25) is 9.89 Å². The summed E-state index contributed by atoms with van der Waals surface area (Å²) >= 11 is 0. The molecular formula is C23H37IN8O. The van der Waals surface area contributed by atoms with Crippen molar-refractivity contribution in [2.75, 3.05) is 57.3 Å². The number of nitrogens with zero attached hydrogens (tertiary/aromatic N) is 7. The number of hydrogen-bond acceptors (Lipinski definition) is 7. The van der Waals surface area contributed by atoms with Crippen LogP contribution in [0.4, 0.5) is 5.95 Å².